The SMILES string of the molecule is CC(C)NC(=O)N1C[C@@H]2[C@H](c3ccccc31)[C@@H](CO)N2C(=O)c1ccccn1. The maximum absolute atomic E-state index is 13.1. The quantitative estimate of drug-likeness (QED) is 0.853. The highest BCUT2D eigenvalue weighted by Crippen LogP contribution is 2.48. The highest BCUT2D eigenvalue weighted by molar-refractivity contribution is 5.97. The van der Waals surface area contributed by atoms with Gasteiger partial charge in [-0.15, -0.1) is 0 Å². The zero-order chi connectivity index (χ0) is 19.8. The number of pyridine rings is 1. The van der Waals surface area contributed by atoms with Gasteiger partial charge in [-0.05, 0) is 37.6 Å². The number of fused-ring (bicyclic) bond motifs is 3. The molecule has 2 N–H and O–H groups in total. The molecule has 0 radical (unpaired) electrons. The van der Waals surface area contributed by atoms with Gasteiger partial charge in [0, 0.05) is 30.4 Å². The number of rotatable bonds is 3. The van der Waals surface area contributed by atoms with E-state index in [9.17, 15) is 14.7 Å². The summed E-state index contributed by atoms with van der Waals surface area (Å²) in [4.78, 5) is 33.4. The zero-order valence-electron chi connectivity index (χ0n) is 15.9. The number of hydrogen-bond donors (Lipinski definition) is 2. The molecule has 0 bridgehead atoms. The number of aliphatic hydroxyl groups is 1. The van der Waals surface area contributed by atoms with Gasteiger partial charge in [0.2, 0.25) is 0 Å². The summed E-state index contributed by atoms with van der Waals surface area (Å²) in [6, 6.07) is 12.2. The van der Waals surface area contributed by atoms with Gasteiger partial charge in [-0.3, -0.25) is 14.7 Å². The van der Waals surface area contributed by atoms with Gasteiger partial charge < -0.3 is 15.3 Å². The van der Waals surface area contributed by atoms with Crippen LogP contribution < -0.4 is 10.2 Å². The number of aromatic nitrogens is 1. The molecular formula is C21H24N4O3. The van der Waals surface area contributed by atoms with Crippen LogP contribution in [-0.4, -0.2) is 58.2 Å². The van der Waals surface area contributed by atoms with E-state index in [2.05, 4.69) is 10.3 Å². The highest BCUT2D eigenvalue weighted by Gasteiger charge is 2.55. The van der Waals surface area contributed by atoms with E-state index >= 15 is 0 Å². The van der Waals surface area contributed by atoms with Crippen LogP contribution in [-0.2, 0) is 0 Å². The lowest BCUT2D eigenvalue weighted by molar-refractivity contribution is -0.0246. The number of likely N-dealkylation sites (tertiary alicyclic amines) is 1. The normalized spacial score (nSPS) is 22.9. The topological polar surface area (TPSA) is 85.8 Å². The summed E-state index contributed by atoms with van der Waals surface area (Å²) in [5, 5.41) is 12.9. The first-order valence-corrected chi connectivity index (χ1v) is 9.54. The third-order valence-electron chi connectivity index (χ3n) is 5.46. The summed E-state index contributed by atoms with van der Waals surface area (Å²) in [6.45, 7) is 4.08. The molecule has 3 atom stereocenters. The van der Waals surface area contributed by atoms with E-state index in [0.29, 0.717) is 12.2 Å². The first-order chi connectivity index (χ1) is 13.5. The number of hydrogen-bond acceptors (Lipinski definition) is 4. The lowest BCUT2D eigenvalue weighted by atomic mass is 9.72. The number of para-hydroxylation sites is 1. The Hall–Kier alpha value is -2.93. The lowest BCUT2D eigenvalue weighted by Gasteiger charge is -2.58. The number of carbonyl (C=O) groups excluding carboxylic acids is 2. The van der Waals surface area contributed by atoms with Crippen LogP contribution in [0.25, 0.3) is 0 Å². The van der Waals surface area contributed by atoms with Crippen LogP contribution in [0, 0.1) is 0 Å². The minimum Gasteiger partial charge on any atom is -0.394 e. The maximum Gasteiger partial charge on any atom is 0.322 e. The summed E-state index contributed by atoms with van der Waals surface area (Å²) in [7, 11) is 0. The van der Waals surface area contributed by atoms with Crippen LogP contribution in [0.4, 0.5) is 10.5 Å². The minimum absolute atomic E-state index is 0.00281. The molecule has 4 rings (SSSR count). The molecule has 0 aliphatic carbocycles. The van der Waals surface area contributed by atoms with E-state index < -0.39 is 0 Å². The largest absolute Gasteiger partial charge is 0.394 e. The molecule has 146 valence electrons. The van der Waals surface area contributed by atoms with Gasteiger partial charge in [0.1, 0.15) is 5.69 Å². The van der Waals surface area contributed by atoms with Crippen molar-refractivity contribution in [3.05, 3.63) is 59.9 Å². The molecule has 3 heterocycles. The summed E-state index contributed by atoms with van der Waals surface area (Å²) < 4.78 is 0. The molecule has 1 fully saturated rings. The van der Waals surface area contributed by atoms with Crippen molar-refractivity contribution in [2.45, 2.75) is 37.9 Å². The van der Waals surface area contributed by atoms with Gasteiger partial charge >= 0.3 is 6.03 Å². The van der Waals surface area contributed by atoms with E-state index in [1.54, 1.807) is 34.2 Å². The van der Waals surface area contributed by atoms with Crippen molar-refractivity contribution in [3.63, 3.8) is 0 Å². The molecule has 28 heavy (non-hydrogen) atoms. The number of nitrogens with one attached hydrogen (secondary N) is 1. The van der Waals surface area contributed by atoms with Gasteiger partial charge in [-0.2, -0.15) is 0 Å². The summed E-state index contributed by atoms with van der Waals surface area (Å²) in [5.74, 6) is -0.221. The predicted octanol–water partition coefficient (Wildman–Crippen LogP) is 1.99. The van der Waals surface area contributed by atoms with Gasteiger partial charge in [0.25, 0.3) is 5.91 Å². The molecule has 7 heteroatoms. The van der Waals surface area contributed by atoms with Crippen LogP contribution in [0.5, 0.6) is 0 Å². The standard InChI is InChI=1S/C21H24N4O3/c1-13(2)23-21(28)24-11-17-19(14-7-3-4-9-16(14)24)18(12-26)25(17)20(27)15-8-5-6-10-22-15/h3-10,13,17-19,26H,11-12H2,1-2H3,(H,23,28)/t17-,18-,19+/m1/s1. The average molecular weight is 380 g/mol. The molecule has 0 unspecified atom stereocenters. The molecule has 2 aliphatic rings. The van der Waals surface area contributed by atoms with Crippen molar-refractivity contribution in [1.82, 2.24) is 15.2 Å². The van der Waals surface area contributed by atoms with Crippen LogP contribution >= 0.6 is 0 Å². The molecule has 2 aliphatic heterocycles. The molecule has 3 amide bonds. The Kier molecular flexibility index (Phi) is 4.77. The van der Waals surface area contributed by atoms with Crippen molar-refractivity contribution in [1.29, 1.82) is 0 Å². The molecule has 1 aromatic heterocycles. The molecular weight excluding hydrogens is 356 g/mol. The second kappa shape index (κ2) is 7.24. The summed E-state index contributed by atoms with van der Waals surface area (Å²) in [5.41, 5.74) is 2.17. The van der Waals surface area contributed by atoms with Crippen LogP contribution in [0.3, 0.4) is 0 Å². The fourth-order valence-electron chi connectivity index (χ4n) is 4.31. The Labute approximate surface area is 164 Å². The fourth-order valence-corrected chi connectivity index (χ4v) is 4.31. The van der Waals surface area contributed by atoms with Crippen LogP contribution in [0.15, 0.2) is 48.7 Å². The number of aliphatic hydroxyl groups excluding tert-OH is 1. The lowest BCUT2D eigenvalue weighted by Crippen LogP contribution is -2.71. The monoisotopic (exact) mass is 380 g/mol. The third-order valence-corrected chi connectivity index (χ3v) is 5.46. The second-order valence-corrected chi connectivity index (χ2v) is 7.54. The van der Waals surface area contributed by atoms with Crippen LogP contribution in [0.1, 0.15) is 35.8 Å². The Bertz CT molecular complexity index is 886. The van der Waals surface area contributed by atoms with Gasteiger partial charge in [-0.25, -0.2) is 4.79 Å². The fraction of sp³-hybridized carbons (Fsp3) is 0.381. The van der Waals surface area contributed by atoms with Gasteiger partial charge in [0.15, 0.2) is 0 Å². The Morgan fingerprint density at radius 2 is 1.96 bits per heavy atom. The van der Waals surface area contributed by atoms with Gasteiger partial charge in [-0.1, -0.05) is 24.3 Å². The van der Waals surface area contributed by atoms with E-state index in [1.807, 2.05) is 38.1 Å². The number of anilines is 1. The maximum atomic E-state index is 13.1. The smallest absolute Gasteiger partial charge is 0.322 e. The molecule has 7 nitrogen and oxygen atoms in total. The second-order valence-electron chi connectivity index (χ2n) is 7.54. The number of nitrogens with zero attached hydrogens (tertiary/aromatic N) is 3. The minimum atomic E-state index is -0.323. The Morgan fingerprint density at radius 1 is 1.21 bits per heavy atom. The Morgan fingerprint density at radius 3 is 2.64 bits per heavy atom. The number of amides is 3. The van der Waals surface area contributed by atoms with Crippen molar-refractivity contribution >= 4 is 17.6 Å². The molecule has 1 saturated heterocycles. The number of urea groups is 1. The van der Waals surface area contributed by atoms with E-state index in [-0.39, 0.29) is 42.6 Å². The van der Waals surface area contributed by atoms with Crippen LogP contribution in [0.2, 0.25) is 0 Å². The highest BCUT2D eigenvalue weighted by atomic mass is 16.3. The van der Waals surface area contributed by atoms with Crippen molar-refractivity contribution < 1.29 is 14.7 Å². The van der Waals surface area contributed by atoms with Crippen molar-refractivity contribution in [3.8, 4) is 0 Å². The zero-order valence-corrected chi connectivity index (χ0v) is 15.9. The average Bonchev–Trinajstić information content (AvgIpc) is 2.68. The van der Waals surface area contributed by atoms with E-state index in [0.717, 1.165) is 11.3 Å². The molecule has 2 aromatic rings. The molecule has 0 spiro atoms. The molecule has 1 aromatic carbocycles. The van der Waals surface area contributed by atoms with Crippen molar-refractivity contribution in [2.75, 3.05) is 18.1 Å². The third kappa shape index (κ3) is 2.92. The summed E-state index contributed by atoms with van der Waals surface area (Å²) >= 11 is 0. The first kappa shape index (κ1) is 18.4. The number of carbonyl (C=O) groups is 2. The molecule has 0 saturated carbocycles. The van der Waals surface area contributed by atoms with E-state index in [4.69, 9.17) is 0 Å². The summed E-state index contributed by atoms with van der Waals surface area (Å²) in [6.07, 6.45) is 1.58. The first-order valence-electron chi connectivity index (χ1n) is 9.54. The Balaban J connectivity index is 1.69. The number of benzene rings is 1. The van der Waals surface area contributed by atoms with Crippen molar-refractivity contribution in [2.24, 2.45) is 0 Å². The van der Waals surface area contributed by atoms with Gasteiger partial charge in [0.05, 0.1) is 18.7 Å². The predicted molar refractivity (Wildman–Crippen MR) is 105 cm³/mol. The van der Waals surface area contributed by atoms with E-state index in [1.165, 1.54) is 0 Å².